The molecule has 2 aromatic heterocycles. The standard InChI is InChI=1S/C26H28N4O/c1-5-18-7-6-8-19(15-18)20-13-14-28-23(16-20)24-17-29(4)25(31)30(24)22-11-9-21(10-12-22)26(2,3)27/h6-17H,5,27H2,1-4H3. The van der Waals surface area contributed by atoms with Gasteiger partial charge in [0, 0.05) is 25.0 Å². The Bertz CT molecular complexity index is 1270. The molecule has 0 atom stereocenters. The minimum Gasteiger partial charge on any atom is -0.322 e. The molecule has 0 radical (unpaired) electrons. The Balaban J connectivity index is 1.82. The van der Waals surface area contributed by atoms with Crippen LogP contribution < -0.4 is 11.4 Å². The predicted octanol–water partition coefficient (Wildman–Crippen LogP) is 4.66. The van der Waals surface area contributed by atoms with Crippen molar-refractivity contribution in [1.29, 1.82) is 0 Å². The maximum absolute atomic E-state index is 13.0. The Hall–Kier alpha value is -3.44. The molecule has 0 unspecified atom stereocenters. The Morgan fingerprint density at radius 3 is 2.39 bits per heavy atom. The lowest BCUT2D eigenvalue weighted by molar-refractivity contribution is 0.554. The molecule has 0 aliphatic heterocycles. The predicted molar refractivity (Wildman–Crippen MR) is 126 cm³/mol. The molecular weight excluding hydrogens is 384 g/mol. The van der Waals surface area contributed by atoms with Crippen molar-refractivity contribution in [2.45, 2.75) is 32.7 Å². The van der Waals surface area contributed by atoms with Crippen LogP contribution >= 0.6 is 0 Å². The fraction of sp³-hybridized carbons (Fsp3) is 0.231. The lowest BCUT2D eigenvalue weighted by atomic mass is 9.95. The molecule has 4 aromatic rings. The van der Waals surface area contributed by atoms with Crippen molar-refractivity contribution in [3.05, 3.63) is 94.7 Å². The van der Waals surface area contributed by atoms with Crippen LogP contribution in [0.15, 0.2) is 77.9 Å². The smallest absolute Gasteiger partial charge is 0.322 e. The van der Waals surface area contributed by atoms with E-state index in [2.05, 4.69) is 36.2 Å². The number of hydrogen-bond acceptors (Lipinski definition) is 3. The third-order valence-corrected chi connectivity index (χ3v) is 5.61. The largest absolute Gasteiger partial charge is 0.333 e. The molecule has 4 rings (SSSR count). The van der Waals surface area contributed by atoms with E-state index in [0.29, 0.717) is 0 Å². The minimum atomic E-state index is -0.439. The Labute approximate surface area is 182 Å². The van der Waals surface area contributed by atoms with Crippen LogP contribution in [0.3, 0.4) is 0 Å². The van der Waals surface area contributed by atoms with E-state index in [0.717, 1.165) is 40.2 Å². The molecule has 5 nitrogen and oxygen atoms in total. The van der Waals surface area contributed by atoms with E-state index in [9.17, 15) is 4.79 Å². The lowest BCUT2D eigenvalue weighted by Gasteiger charge is -2.19. The number of pyridine rings is 1. The van der Waals surface area contributed by atoms with Gasteiger partial charge in [0.05, 0.1) is 17.1 Å². The SMILES string of the molecule is CCc1cccc(-c2ccnc(-c3cn(C)c(=O)n3-c3ccc(C(C)(C)N)cc3)c2)c1. The summed E-state index contributed by atoms with van der Waals surface area (Å²) in [6.07, 6.45) is 4.61. The van der Waals surface area contributed by atoms with Gasteiger partial charge >= 0.3 is 5.69 Å². The summed E-state index contributed by atoms with van der Waals surface area (Å²) in [7, 11) is 1.76. The van der Waals surface area contributed by atoms with Crippen LogP contribution in [0, 0.1) is 0 Å². The van der Waals surface area contributed by atoms with Gasteiger partial charge in [0.15, 0.2) is 0 Å². The first-order valence-corrected chi connectivity index (χ1v) is 10.5. The zero-order valence-electron chi connectivity index (χ0n) is 18.5. The van der Waals surface area contributed by atoms with Crippen LogP contribution in [0.25, 0.3) is 28.2 Å². The third-order valence-electron chi connectivity index (χ3n) is 5.61. The van der Waals surface area contributed by atoms with Gasteiger partial charge in [0.25, 0.3) is 0 Å². The summed E-state index contributed by atoms with van der Waals surface area (Å²) in [4.78, 5) is 17.5. The number of aromatic nitrogens is 3. The number of nitrogens with two attached hydrogens (primary N) is 1. The monoisotopic (exact) mass is 412 g/mol. The van der Waals surface area contributed by atoms with Crippen molar-refractivity contribution >= 4 is 0 Å². The summed E-state index contributed by atoms with van der Waals surface area (Å²) >= 11 is 0. The Morgan fingerprint density at radius 1 is 1.00 bits per heavy atom. The summed E-state index contributed by atoms with van der Waals surface area (Å²) in [6, 6.07) is 20.4. The fourth-order valence-corrected chi connectivity index (χ4v) is 3.75. The van der Waals surface area contributed by atoms with Gasteiger partial charge in [0.1, 0.15) is 0 Å². The summed E-state index contributed by atoms with van der Waals surface area (Å²) in [5, 5.41) is 0. The quantitative estimate of drug-likeness (QED) is 0.518. The molecule has 0 aliphatic carbocycles. The molecular formula is C26H28N4O. The molecule has 0 spiro atoms. The molecule has 2 heterocycles. The minimum absolute atomic E-state index is 0.116. The molecule has 2 aromatic carbocycles. The van der Waals surface area contributed by atoms with Crippen molar-refractivity contribution in [3.8, 4) is 28.2 Å². The van der Waals surface area contributed by atoms with E-state index >= 15 is 0 Å². The van der Waals surface area contributed by atoms with Crippen LogP contribution in [0.2, 0.25) is 0 Å². The van der Waals surface area contributed by atoms with Crippen LogP contribution in [0.5, 0.6) is 0 Å². The first kappa shape index (κ1) is 20.8. The van der Waals surface area contributed by atoms with E-state index in [1.807, 2.05) is 56.4 Å². The van der Waals surface area contributed by atoms with Gasteiger partial charge in [-0.1, -0.05) is 43.3 Å². The summed E-state index contributed by atoms with van der Waals surface area (Å²) in [5.41, 5.74) is 12.5. The van der Waals surface area contributed by atoms with Gasteiger partial charge in [-0.15, -0.1) is 0 Å². The van der Waals surface area contributed by atoms with E-state index < -0.39 is 5.54 Å². The number of nitrogens with zero attached hydrogens (tertiary/aromatic N) is 3. The summed E-state index contributed by atoms with van der Waals surface area (Å²) in [5.74, 6) is 0. The second-order valence-electron chi connectivity index (χ2n) is 8.50. The maximum Gasteiger partial charge on any atom is 0.333 e. The highest BCUT2D eigenvalue weighted by Gasteiger charge is 2.17. The lowest BCUT2D eigenvalue weighted by Crippen LogP contribution is -2.28. The molecule has 0 bridgehead atoms. The van der Waals surface area contributed by atoms with E-state index in [1.54, 1.807) is 22.4 Å². The van der Waals surface area contributed by atoms with Crippen molar-refractivity contribution in [2.24, 2.45) is 12.8 Å². The number of imidazole rings is 1. The molecule has 0 fully saturated rings. The van der Waals surface area contributed by atoms with Crippen LogP contribution in [0.1, 0.15) is 31.9 Å². The van der Waals surface area contributed by atoms with Crippen molar-refractivity contribution in [2.75, 3.05) is 0 Å². The molecule has 5 heteroatoms. The Morgan fingerprint density at radius 2 is 1.71 bits per heavy atom. The molecule has 0 aliphatic rings. The summed E-state index contributed by atoms with van der Waals surface area (Å²) in [6.45, 7) is 6.08. The highest BCUT2D eigenvalue weighted by Crippen LogP contribution is 2.27. The maximum atomic E-state index is 13.0. The van der Waals surface area contributed by atoms with E-state index in [1.165, 1.54) is 5.56 Å². The van der Waals surface area contributed by atoms with E-state index in [-0.39, 0.29) is 5.69 Å². The zero-order valence-corrected chi connectivity index (χ0v) is 18.5. The molecule has 0 amide bonds. The van der Waals surface area contributed by atoms with Crippen LogP contribution in [-0.4, -0.2) is 14.1 Å². The average molecular weight is 413 g/mol. The van der Waals surface area contributed by atoms with Crippen molar-refractivity contribution in [3.63, 3.8) is 0 Å². The topological polar surface area (TPSA) is 65.8 Å². The zero-order chi connectivity index (χ0) is 22.2. The second kappa shape index (κ2) is 8.00. The normalized spacial score (nSPS) is 11.6. The number of benzene rings is 2. The first-order valence-electron chi connectivity index (χ1n) is 10.5. The van der Waals surface area contributed by atoms with Crippen LogP contribution in [0.4, 0.5) is 0 Å². The van der Waals surface area contributed by atoms with Crippen LogP contribution in [-0.2, 0) is 19.0 Å². The molecule has 0 saturated carbocycles. The van der Waals surface area contributed by atoms with Gasteiger partial charge in [-0.25, -0.2) is 4.79 Å². The second-order valence-corrected chi connectivity index (χ2v) is 8.50. The average Bonchev–Trinajstić information content (AvgIpc) is 3.08. The fourth-order valence-electron chi connectivity index (χ4n) is 3.75. The highest BCUT2D eigenvalue weighted by molar-refractivity contribution is 5.70. The third kappa shape index (κ3) is 4.09. The van der Waals surface area contributed by atoms with Gasteiger partial charge in [0.2, 0.25) is 0 Å². The van der Waals surface area contributed by atoms with E-state index in [4.69, 9.17) is 5.73 Å². The Kier molecular flexibility index (Phi) is 5.38. The number of rotatable bonds is 5. The molecule has 0 saturated heterocycles. The van der Waals surface area contributed by atoms with Crippen molar-refractivity contribution in [1.82, 2.24) is 14.1 Å². The first-order chi connectivity index (χ1) is 14.8. The summed E-state index contributed by atoms with van der Waals surface area (Å²) < 4.78 is 3.28. The number of hydrogen-bond donors (Lipinski definition) is 1. The molecule has 2 N–H and O–H groups in total. The van der Waals surface area contributed by atoms with Crippen molar-refractivity contribution < 1.29 is 0 Å². The molecule has 158 valence electrons. The van der Waals surface area contributed by atoms with Gasteiger partial charge < -0.3 is 10.3 Å². The van der Waals surface area contributed by atoms with Gasteiger partial charge in [-0.05, 0) is 66.8 Å². The van der Waals surface area contributed by atoms with Gasteiger partial charge in [-0.2, -0.15) is 0 Å². The highest BCUT2D eigenvalue weighted by atomic mass is 16.1. The molecule has 31 heavy (non-hydrogen) atoms. The van der Waals surface area contributed by atoms with Gasteiger partial charge in [-0.3, -0.25) is 9.55 Å². The number of aryl methyl sites for hydroxylation is 2.